The lowest BCUT2D eigenvalue weighted by atomic mass is 9.73. The average Bonchev–Trinajstić information content (AvgIpc) is 3.33. The second-order valence-electron chi connectivity index (χ2n) is 14.3. The molecule has 3 aliphatic heterocycles. The molecule has 2 fully saturated rings. The largest absolute Gasteiger partial charge is 0.573 e. The number of hydrogen-bond donors (Lipinski definition) is 0. The number of esters is 1. The van der Waals surface area contributed by atoms with Crippen LogP contribution < -0.4 is 20.4 Å². The maximum atomic E-state index is 15.2. The lowest BCUT2D eigenvalue weighted by Crippen LogP contribution is -2.55. The van der Waals surface area contributed by atoms with Gasteiger partial charge in [-0.3, -0.25) is 4.79 Å². The fraction of sp³-hybridized carbons (Fsp3) is 0.581. The van der Waals surface area contributed by atoms with Crippen molar-refractivity contribution in [2.24, 2.45) is 10.3 Å². The molecule has 2 atom stereocenters. The number of carbonyl (C=O) groups is 1. The summed E-state index contributed by atoms with van der Waals surface area (Å²) in [5, 5.41) is 0. The van der Waals surface area contributed by atoms with Crippen LogP contribution in [0.15, 0.2) is 50.6 Å². The molecule has 0 radical (unpaired) electrons. The van der Waals surface area contributed by atoms with Crippen molar-refractivity contribution in [1.29, 1.82) is 0 Å². The summed E-state index contributed by atoms with van der Waals surface area (Å²) in [5.74, 6) is -2.71. The third kappa shape index (κ3) is 7.76. The van der Waals surface area contributed by atoms with Crippen molar-refractivity contribution in [3.63, 3.8) is 0 Å². The first-order valence-electron chi connectivity index (χ1n) is 15.6. The topological polar surface area (TPSA) is 111 Å². The monoisotopic (exact) mass is 735 g/mol. The zero-order valence-corrected chi connectivity index (χ0v) is 29.4. The molecule has 0 N–H and O–H groups in total. The van der Waals surface area contributed by atoms with E-state index in [2.05, 4.69) is 13.8 Å². The smallest absolute Gasteiger partial charge is 0.464 e. The van der Waals surface area contributed by atoms with E-state index in [0.717, 1.165) is 24.3 Å². The molecule has 0 amide bonds. The number of nitrogens with zero attached hydrogens (tertiary/aromatic N) is 1. The number of carbonyl (C=O) groups excluding carboxylic acids is 1. The molecule has 8 bridgehead atoms. The number of rotatable bonds is 6. The Labute approximate surface area is 286 Å². The van der Waals surface area contributed by atoms with E-state index in [0.29, 0.717) is 0 Å². The van der Waals surface area contributed by atoms with Crippen LogP contribution in [0.4, 0.5) is 26.3 Å². The Morgan fingerprint density at radius 1 is 0.780 bits per heavy atom. The summed E-state index contributed by atoms with van der Waals surface area (Å²) in [4.78, 5) is 11.8. The predicted molar refractivity (Wildman–Crippen MR) is 169 cm³/mol. The van der Waals surface area contributed by atoms with Crippen molar-refractivity contribution in [3.8, 4) is 11.5 Å². The first-order valence-corrected chi connectivity index (χ1v) is 17.2. The van der Waals surface area contributed by atoms with Gasteiger partial charge in [0, 0.05) is 6.42 Å². The van der Waals surface area contributed by atoms with Gasteiger partial charge >= 0.3 is 32.9 Å². The standard InChI is InChI=1S/C31H37B2F6NO9S/c1-18(2)16-43-25(41)15-40-50(42)23-11-19(9-21(13-23)44-30(34,35)36)32-46-26(3,4)28(7,48-32)17-29(8)27(5,6)47-33(49-29)20-10-22(14-24(50)12-20)45-31(37,38)39/h9-14,18H,15-17H2,1-8H3. The minimum Gasteiger partial charge on any atom is -0.464 e. The summed E-state index contributed by atoms with van der Waals surface area (Å²) in [6.07, 6.45) is -10.3. The predicted octanol–water partition coefficient (Wildman–Crippen LogP) is 5.53. The minimum atomic E-state index is -5.21. The second-order valence-corrected chi connectivity index (χ2v) is 16.5. The Bertz CT molecular complexity index is 1670. The van der Waals surface area contributed by atoms with Gasteiger partial charge in [-0.2, -0.15) is 0 Å². The first kappa shape index (κ1) is 38.2. The molecule has 50 heavy (non-hydrogen) atoms. The first-order chi connectivity index (χ1) is 22.7. The van der Waals surface area contributed by atoms with E-state index in [9.17, 15) is 31.1 Å². The van der Waals surface area contributed by atoms with E-state index in [4.69, 9.17) is 23.4 Å². The van der Waals surface area contributed by atoms with Gasteiger partial charge in [-0.25, -0.2) is 8.57 Å². The summed E-state index contributed by atoms with van der Waals surface area (Å²) in [5.41, 5.74) is -4.78. The van der Waals surface area contributed by atoms with Gasteiger partial charge in [-0.15, -0.1) is 26.3 Å². The Kier molecular flexibility index (Phi) is 9.64. The molecule has 2 saturated heterocycles. The van der Waals surface area contributed by atoms with Gasteiger partial charge in [0.05, 0.1) is 38.8 Å². The summed E-state index contributed by atoms with van der Waals surface area (Å²) >= 11 is 0. The highest BCUT2D eigenvalue weighted by atomic mass is 32.2. The lowest BCUT2D eigenvalue weighted by Gasteiger charge is -2.45. The van der Waals surface area contributed by atoms with Crippen LogP contribution in [0.1, 0.15) is 61.8 Å². The van der Waals surface area contributed by atoms with Gasteiger partial charge in [-0.1, -0.05) is 13.8 Å². The van der Waals surface area contributed by atoms with Gasteiger partial charge < -0.3 is 32.8 Å². The van der Waals surface area contributed by atoms with Crippen LogP contribution in [0.25, 0.3) is 0 Å². The normalized spacial score (nSPS) is 27.2. The molecule has 3 heterocycles. The van der Waals surface area contributed by atoms with Crippen molar-refractivity contribution in [1.82, 2.24) is 0 Å². The van der Waals surface area contributed by atoms with Crippen LogP contribution in [0.5, 0.6) is 11.5 Å². The summed E-state index contributed by atoms with van der Waals surface area (Å²) < 4.78 is 140. The Hall–Kier alpha value is -2.99. The summed E-state index contributed by atoms with van der Waals surface area (Å²) in [7, 11) is -7.03. The van der Waals surface area contributed by atoms with E-state index >= 15 is 4.21 Å². The van der Waals surface area contributed by atoms with Crippen LogP contribution in [0.2, 0.25) is 0 Å². The van der Waals surface area contributed by atoms with Crippen LogP contribution in [0.3, 0.4) is 0 Å². The third-order valence-corrected chi connectivity index (χ3v) is 11.4. The highest BCUT2D eigenvalue weighted by molar-refractivity contribution is 7.93. The maximum absolute atomic E-state index is 15.2. The van der Waals surface area contributed by atoms with Crippen LogP contribution in [0, 0.1) is 5.92 Å². The quantitative estimate of drug-likeness (QED) is 0.215. The maximum Gasteiger partial charge on any atom is 0.573 e. The molecule has 274 valence electrons. The molecule has 2 aromatic carbocycles. The number of halogens is 6. The van der Waals surface area contributed by atoms with Crippen molar-refractivity contribution < 1.29 is 68.2 Å². The van der Waals surface area contributed by atoms with E-state index in [1.54, 1.807) is 55.4 Å². The van der Waals surface area contributed by atoms with Crippen molar-refractivity contribution in [2.45, 2.75) is 107 Å². The van der Waals surface area contributed by atoms with Gasteiger partial charge in [0.2, 0.25) is 0 Å². The Morgan fingerprint density at radius 3 is 1.58 bits per heavy atom. The fourth-order valence-corrected chi connectivity index (χ4v) is 7.91. The Morgan fingerprint density at radius 2 is 1.20 bits per heavy atom. The molecule has 19 heteroatoms. The number of hydrogen-bond acceptors (Lipinski definition) is 10. The molecule has 3 aliphatic rings. The van der Waals surface area contributed by atoms with Crippen molar-refractivity contribution in [3.05, 3.63) is 36.4 Å². The van der Waals surface area contributed by atoms with Gasteiger partial charge in [0.15, 0.2) is 0 Å². The highest BCUT2D eigenvalue weighted by Crippen LogP contribution is 2.49. The zero-order valence-electron chi connectivity index (χ0n) is 28.6. The number of fused-ring (bicyclic) bond motifs is 10. The fourth-order valence-electron chi connectivity index (χ4n) is 5.91. The molecule has 2 unspecified atom stereocenters. The van der Waals surface area contributed by atoms with Crippen molar-refractivity contribution >= 4 is 40.9 Å². The second kappa shape index (κ2) is 12.6. The highest BCUT2D eigenvalue weighted by Gasteiger charge is 2.63. The van der Waals surface area contributed by atoms with E-state index in [1.807, 2.05) is 0 Å². The number of alkyl halides is 6. The van der Waals surface area contributed by atoms with Crippen LogP contribution >= 0.6 is 0 Å². The average molecular weight is 735 g/mol. The van der Waals surface area contributed by atoms with Crippen LogP contribution in [-0.4, -0.2) is 72.7 Å². The summed E-state index contributed by atoms with van der Waals surface area (Å²) in [6.45, 7) is 13.0. The number of benzene rings is 2. The molecular weight excluding hydrogens is 698 g/mol. The molecule has 0 spiro atoms. The van der Waals surface area contributed by atoms with Gasteiger partial charge in [-0.05, 0) is 94.8 Å². The number of ether oxygens (including phenoxy) is 3. The molecule has 0 saturated carbocycles. The minimum absolute atomic E-state index is 0.0243. The molecule has 0 aliphatic carbocycles. The van der Waals surface area contributed by atoms with E-state index < -0.39 is 92.9 Å². The van der Waals surface area contributed by atoms with Crippen molar-refractivity contribution in [2.75, 3.05) is 13.2 Å². The molecule has 5 rings (SSSR count). The van der Waals surface area contributed by atoms with Crippen LogP contribution in [-0.2, 0) is 37.9 Å². The molecule has 0 aromatic heterocycles. The summed E-state index contributed by atoms with van der Waals surface area (Å²) in [6, 6.07) is 5.89. The molecule has 10 nitrogen and oxygen atoms in total. The van der Waals surface area contributed by atoms with Gasteiger partial charge in [0.25, 0.3) is 0 Å². The van der Waals surface area contributed by atoms with E-state index in [-0.39, 0.29) is 29.9 Å². The third-order valence-electron chi connectivity index (χ3n) is 9.17. The zero-order chi connectivity index (χ0) is 37.3. The SMILES string of the molecule is CC(C)COC(=O)CN=S1(=O)c2cc(OC(F)(F)F)cc(c2)B2OC(C)(C)C(C)(CC3(C)OB(OC3(C)C)c3cc(OC(F)(F)F)cc1c3)O2. The lowest BCUT2D eigenvalue weighted by molar-refractivity contribution is -0.275. The van der Waals surface area contributed by atoms with E-state index in [1.165, 1.54) is 12.1 Å². The molecular formula is C31H37B2F6NO9S. The molecule has 2 aromatic rings. The Balaban J connectivity index is 1.83. The van der Waals surface area contributed by atoms with Gasteiger partial charge in [0.1, 0.15) is 27.8 Å².